The van der Waals surface area contributed by atoms with Gasteiger partial charge in [0.05, 0.1) is 18.2 Å². The van der Waals surface area contributed by atoms with Gasteiger partial charge in [-0.15, -0.1) is 0 Å². The Labute approximate surface area is 184 Å². The number of amides is 1. The lowest BCUT2D eigenvalue weighted by molar-refractivity contribution is -0.128. The average Bonchev–Trinajstić information content (AvgIpc) is 2.71. The van der Waals surface area contributed by atoms with Crippen LogP contribution < -0.4 is 5.73 Å². The second-order valence-electron chi connectivity index (χ2n) is 7.26. The van der Waals surface area contributed by atoms with Crippen LogP contribution in [0.1, 0.15) is 24.0 Å². The SMILES string of the molecule is CN(C)C(=O)CCCSc1nc(N)nc(-c2c(Cl)cc3c4c(cccc24)COC3)n1. The zero-order valence-electron chi connectivity index (χ0n) is 16.8. The monoisotopic (exact) mass is 443 g/mol. The molecule has 0 aliphatic carbocycles. The number of halogens is 1. The quantitative estimate of drug-likeness (QED) is 0.455. The summed E-state index contributed by atoms with van der Waals surface area (Å²) in [4.78, 5) is 26.5. The van der Waals surface area contributed by atoms with E-state index < -0.39 is 0 Å². The Balaban J connectivity index is 1.65. The molecule has 2 heterocycles. The van der Waals surface area contributed by atoms with E-state index in [1.165, 1.54) is 11.8 Å². The van der Waals surface area contributed by atoms with Crippen molar-refractivity contribution >= 4 is 46.0 Å². The summed E-state index contributed by atoms with van der Waals surface area (Å²) in [6.07, 6.45) is 1.21. The summed E-state index contributed by atoms with van der Waals surface area (Å²) < 4.78 is 5.66. The number of hydrogen-bond acceptors (Lipinski definition) is 7. The molecule has 1 amide bonds. The molecule has 1 aromatic heterocycles. The van der Waals surface area contributed by atoms with Crippen LogP contribution in [0.4, 0.5) is 5.95 Å². The van der Waals surface area contributed by atoms with E-state index in [0.29, 0.717) is 41.4 Å². The van der Waals surface area contributed by atoms with Crippen LogP contribution in [0.3, 0.4) is 0 Å². The summed E-state index contributed by atoms with van der Waals surface area (Å²) in [6.45, 7) is 1.09. The lowest BCUT2D eigenvalue weighted by Gasteiger charge is -2.20. The highest BCUT2D eigenvalue weighted by atomic mass is 35.5. The van der Waals surface area contributed by atoms with Gasteiger partial charge in [0.15, 0.2) is 11.0 Å². The smallest absolute Gasteiger partial charge is 0.224 e. The molecule has 0 atom stereocenters. The topological polar surface area (TPSA) is 94.2 Å². The van der Waals surface area contributed by atoms with Crippen molar-refractivity contribution in [2.24, 2.45) is 0 Å². The number of thioether (sulfide) groups is 1. The van der Waals surface area contributed by atoms with Gasteiger partial charge in [0, 0.05) is 31.8 Å². The van der Waals surface area contributed by atoms with Crippen molar-refractivity contribution in [3.05, 3.63) is 40.4 Å². The first-order valence-corrected chi connectivity index (χ1v) is 11.0. The maximum Gasteiger partial charge on any atom is 0.224 e. The van der Waals surface area contributed by atoms with Crippen molar-refractivity contribution in [1.29, 1.82) is 0 Å². The van der Waals surface area contributed by atoms with Crippen molar-refractivity contribution < 1.29 is 9.53 Å². The van der Waals surface area contributed by atoms with E-state index in [0.717, 1.165) is 33.9 Å². The number of ether oxygens (including phenoxy) is 1. The Bertz CT molecular complexity index is 1120. The molecule has 3 aromatic rings. The fourth-order valence-electron chi connectivity index (χ4n) is 3.50. The van der Waals surface area contributed by atoms with Crippen molar-refractivity contribution in [2.45, 2.75) is 31.2 Å². The number of aromatic nitrogens is 3. The van der Waals surface area contributed by atoms with Crippen LogP contribution in [0, 0.1) is 0 Å². The fraction of sp³-hybridized carbons (Fsp3) is 0.333. The summed E-state index contributed by atoms with van der Waals surface area (Å²) in [6, 6.07) is 7.98. The largest absolute Gasteiger partial charge is 0.372 e. The Morgan fingerprint density at radius 2 is 2.03 bits per heavy atom. The fourth-order valence-corrected chi connectivity index (χ4v) is 4.60. The third kappa shape index (κ3) is 4.21. The lowest BCUT2D eigenvalue weighted by atomic mass is 9.94. The van der Waals surface area contributed by atoms with Gasteiger partial charge in [-0.2, -0.15) is 9.97 Å². The van der Waals surface area contributed by atoms with Crippen LogP contribution in [-0.2, 0) is 22.7 Å². The van der Waals surface area contributed by atoms with Crippen molar-refractivity contribution in [1.82, 2.24) is 19.9 Å². The zero-order chi connectivity index (χ0) is 21.3. The minimum absolute atomic E-state index is 0.103. The Morgan fingerprint density at radius 3 is 2.83 bits per heavy atom. The normalized spacial score (nSPS) is 12.9. The number of nitrogens with zero attached hydrogens (tertiary/aromatic N) is 4. The number of carbonyl (C=O) groups excluding carboxylic acids is 1. The number of benzene rings is 2. The van der Waals surface area contributed by atoms with E-state index in [4.69, 9.17) is 22.1 Å². The van der Waals surface area contributed by atoms with Crippen LogP contribution in [0.5, 0.6) is 0 Å². The highest BCUT2D eigenvalue weighted by Crippen LogP contribution is 2.39. The van der Waals surface area contributed by atoms with Gasteiger partial charge in [0.1, 0.15) is 0 Å². The van der Waals surface area contributed by atoms with Gasteiger partial charge in [0.2, 0.25) is 11.9 Å². The van der Waals surface area contributed by atoms with E-state index in [2.05, 4.69) is 21.0 Å². The minimum Gasteiger partial charge on any atom is -0.372 e. The molecule has 30 heavy (non-hydrogen) atoms. The summed E-state index contributed by atoms with van der Waals surface area (Å²) >= 11 is 8.10. The highest BCUT2D eigenvalue weighted by molar-refractivity contribution is 7.99. The molecule has 0 saturated heterocycles. The third-order valence-electron chi connectivity index (χ3n) is 4.92. The Kier molecular flexibility index (Phi) is 6.08. The average molecular weight is 444 g/mol. The summed E-state index contributed by atoms with van der Waals surface area (Å²) in [5.74, 6) is 1.41. The van der Waals surface area contributed by atoms with E-state index in [1.807, 2.05) is 18.2 Å². The molecule has 0 radical (unpaired) electrons. The molecule has 1 aliphatic heterocycles. The van der Waals surface area contributed by atoms with Gasteiger partial charge < -0.3 is 15.4 Å². The van der Waals surface area contributed by atoms with Crippen LogP contribution >= 0.6 is 23.4 Å². The molecule has 0 spiro atoms. The molecule has 156 valence electrons. The summed E-state index contributed by atoms with van der Waals surface area (Å²) in [7, 11) is 3.51. The minimum atomic E-state index is 0.103. The number of nitrogen functional groups attached to an aromatic ring is 1. The number of hydrogen-bond donors (Lipinski definition) is 1. The number of carbonyl (C=O) groups is 1. The molecule has 0 bridgehead atoms. The van der Waals surface area contributed by atoms with Crippen molar-refractivity contribution in [3.8, 4) is 11.4 Å². The molecule has 2 aromatic carbocycles. The van der Waals surface area contributed by atoms with Gasteiger partial charge in [-0.3, -0.25) is 4.79 Å². The first-order valence-electron chi connectivity index (χ1n) is 9.59. The van der Waals surface area contributed by atoms with Gasteiger partial charge in [-0.05, 0) is 34.4 Å². The van der Waals surface area contributed by atoms with Crippen molar-refractivity contribution in [3.63, 3.8) is 0 Å². The van der Waals surface area contributed by atoms with Crippen LogP contribution in [0.2, 0.25) is 5.02 Å². The predicted molar refractivity (Wildman–Crippen MR) is 119 cm³/mol. The number of anilines is 1. The molecular weight excluding hydrogens is 422 g/mol. The van der Waals surface area contributed by atoms with Gasteiger partial charge in [-0.1, -0.05) is 41.6 Å². The van der Waals surface area contributed by atoms with Crippen LogP contribution in [0.15, 0.2) is 29.4 Å². The van der Waals surface area contributed by atoms with Gasteiger partial charge in [0.25, 0.3) is 0 Å². The zero-order valence-corrected chi connectivity index (χ0v) is 18.4. The standard InChI is InChI=1S/C21H22ClN5O2S/c1-27(2)16(28)7-4-8-30-21-25-19(24-20(23)26-21)18-14-6-3-5-12-10-29-11-13(17(12)14)9-15(18)22/h3,5-6,9H,4,7-8,10-11H2,1-2H3,(H2,23,24,25,26). The van der Waals surface area contributed by atoms with Gasteiger partial charge >= 0.3 is 0 Å². The van der Waals surface area contributed by atoms with E-state index in [9.17, 15) is 4.79 Å². The molecule has 1 aliphatic rings. The summed E-state index contributed by atoms with van der Waals surface area (Å²) in [5.41, 5.74) is 8.91. The molecule has 9 heteroatoms. The maximum absolute atomic E-state index is 11.7. The third-order valence-corrected chi connectivity index (χ3v) is 6.15. The molecule has 0 fully saturated rings. The van der Waals surface area contributed by atoms with E-state index in [-0.39, 0.29) is 11.9 Å². The van der Waals surface area contributed by atoms with E-state index in [1.54, 1.807) is 19.0 Å². The molecule has 2 N–H and O–H groups in total. The molecule has 0 saturated carbocycles. The Morgan fingerprint density at radius 1 is 1.23 bits per heavy atom. The van der Waals surface area contributed by atoms with Crippen molar-refractivity contribution in [2.75, 3.05) is 25.6 Å². The lowest BCUT2D eigenvalue weighted by Crippen LogP contribution is -2.21. The van der Waals surface area contributed by atoms with E-state index >= 15 is 0 Å². The molecule has 4 rings (SSSR count). The second kappa shape index (κ2) is 8.75. The highest BCUT2D eigenvalue weighted by Gasteiger charge is 2.21. The van der Waals surface area contributed by atoms with Gasteiger partial charge in [-0.25, -0.2) is 4.98 Å². The number of rotatable bonds is 6. The maximum atomic E-state index is 11.7. The molecular formula is C21H22ClN5O2S. The predicted octanol–water partition coefficient (Wildman–Crippen LogP) is 3.92. The second-order valence-corrected chi connectivity index (χ2v) is 8.73. The van der Waals surface area contributed by atoms with Crippen LogP contribution in [0.25, 0.3) is 22.2 Å². The number of nitrogens with two attached hydrogens (primary N) is 1. The Hall–Kier alpha value is -2.42. The summed E-state index contributed by atoms with van der Waals surface area (Å²) in [5, 5.41) is 3.20. The first kappa shape index (κ1) is 20.8. The molecule has 0 unspecified atom stereocenters. The molecule has 7 nitrogen and oxygen atoms in total. The first-order chi connectivity index (χ1) is 14.4. The van der Waals surface area contributed by atoms with Crippen LogP contribution in [-0.4, -0.2) is 45.6 Å².